The van der Waals surface area contributed by atoms with Gasteiger partial charge in [0.15, 0.2) is 5.78 Å². The number of carbonyl (C=O) groups excluding carboxylic acids is 1. The number of ketones is 1. The first-order valence-corrected chi connectivity index (χ1v) is 11.5. The molecule has 32 heavy (non-hydrogen) atoms. The lowest BCUT2D eigenvalue weighted by Gasteiger charge is -2.06. The van der Waals surface area contributed by atoms with E-state index in [1.165, 1.54) is 11.8 Å². The van der Waals surface area contributed by atoms with Gasteiger partial charge in [0.2, 0.25) is 0 Å². The van der Waals surface area contributed by atoms with Gasteiger partial charge in [-0.1, -0.05) is 90.1 Å². The molecule has 0 bridgehead atoms. The van der Waals surface area contributed by atoms with Crippen LogP contribution in [0.4, 0.5) is 0 Å². The SMILES string of the molecule is O=C(CSc1ncnc2c1c(-c1ccccc1)cn2-c1cccc(Cl)c1)c1ccccc1. The molecule has 2 aromatic heterocycles. The maximum Gasteiger partial charge on any atom is 0.173 e. The van der Waals surface area contributed by atoms with Crippen LogP contribution in [0.5, 0.6) is 0 Å². The number of Topliss-reactive ketones (excluding diaryl/α,β-unsaturated/α-hetero) is 1. The van der Waals surface area contributed by atoms with Crippen LogP contribution in [0.2, 0.25) is 5.02 Å². The third-order valence-corrected chi connectivity index (χ3v) is 6.38. The summed E-state index contributed by atoms with van der Waals surface area (Å²) in [6.45, 7) is 0. The minimum atomic E-state index is 0.0675. The summed E-state index contributed by atoms with van der Waals surface area (Å²) in [5.41, 5.74) is 4.46. The fourth-order valence-corrected chi connectivity index (χ4v) is 4.73. The molecule has 3 aromatic carbocycles. The molecule has 4 nitrogen and oxygen atoms in total. The third kappa shape index (κ3) is 4.05. The molecule has 0 aliphatic carbocycles. The van der Waals surface area contributed by atoms with E-state index in [2.05, 4.69) is 28.3 Å². The molecule has 6 heteroatoms. The second kappa shape index (κ2) is 8.99. The van der Waals surface area contributed by atoms with Gasteiger partial charge in [0, 0.05) is 28.0 Å². The van der Waals surface area contributed by atoms with Gasteiger partial charge < -0.3 is 4.57 Å². The molecule has 2 heterocycles. The van der Waals surface area contributed by atoms with Crippen molar-refractivity contribution >= 4 is 40.2 Å². The Labute approximate surface area is 194 Å². The minimum Gasteiger partial charge on any atom is -0.301 e. The molecule has 0 aliphatic heterocycles. The Hall–Kier alpha value is -3.41. The van der Waals surface area contributed by atoms with Crippen LogP contribution in [0.1, 0.15) is 10.4 Å². The van der Waals surface area contributed by atoms with Crippen LogP contribution in [0.3, 0.4) is 0 Å². The fraction of sp³-hybridized carbons (Fsp3) is 0.0385. The molecule has 0 spiro atoms. The lowest BCUT2D eigenvalue weighted by atomic mass is 10.1. The predicted molar refractivity (Wildman–Crippen MR) is 131 cm³/mol. The first-order valence-electron chi connectivity index (χ1n) is 10.1. The number of nitrogens with zero attached hydrogens (tertiary/aromatic N) is 3. The van der Waals surface area contributed by atoms with Gasteiger partial charge in [0.05, 0.1) is 11.1 Å². The number of fused-ring (bicyclic) bond motifs is 1. The molecule has 0 fully saturated rings. The van der Waals surface area contributed by atoms with E-state index < -0.39 is 0 Å². The Balaban J connectivity index is 1.62. The highest BCUT2D eigenvalue weighted by atomic mass is 35.5. The van der Waals surface area contributed by atoms with E-state index in [9.17, 15) is 4.79 Å². The van der Waals surface area contributed by atoms with E-state index in [1.54, 1.807) is 6.33 Å². The van der Waals surface area contributed by atoms with Crippen LogP contribution < -0.4 is 0 Å². The second-order valence-corrected chi connectivity index (χ2v) is 8.61. The molecule has 0 saturated heterocycles. The molecule has 0 aliphatic rings. The zero-order chi connectivity index (χ0) is 21.9. The molecule has 5 rings (SSSR count). The highest BCUT2D eigenvalue weighted by molar-refractivity contribution is 8.00. The summed E-state index contributed by atoms with van der Waals surface area (Å²) in [5.74, 6) is 0.366. The predicted octanol–water partition coefficient (Wildman–Crippen LogP) is 6.72. The van der Waals surface area contributed by atoms with Crippen molar-refractivity contribution in [3.63, 3.8) is 0 Å². The Morgan fingerprint density at radius 3 is 2.41 bits per heavy atom. The summed E-state index contributed by atoms with van der Waals surface area (Å²) in [4.78, 5) is 21.8. The van der Waals surface area contributed by atoms with E-state index in [-0.39, 0.29) is 5.78 Å². The van der Waals surface area contributed by atoms with Crippen LogP contribution in [-0.4, -0.2) is 26.1 Å². The van der Waals surface area contributed by atoms with Gasteiger partial charge in [-0.15, -0.1) is 0 Å². The number of hydrogen-bond donors (Lipinski definition) is 0. The number of carbonyl (C=O) groups is 1. The summed E-state index contributed by atoms with van der Waals surface area (Å²) >= 11 is 7.69. The first-order chi connectivity index (χ1) is 15.7. The zero-order valence-corrected chi connectivity index (χ0v) is 18.6. The van der Waals surface area contributed by atoms with Crippen molar-refractivity contribution in [2.75, 3.05) is 5.75 Å². The monoisotopic (exact) mass is 455 g/mol. The van der Waals surface area contributed by atoms with Gasteiger partial charge in [0.25, 0.3) is 0 Å². The van der Waals surface area contributed by atoms with Crippen molar-refractivity contribution in [3.05, 3.63) is 108 Å². The van der Waals surface area contributed by atoms with Crippen LogP contribution in [0, 0.1) is 0 Å². The standard InChI is InChI=1S/C26H18ClN3OS/c27-20-12-7-13-21(14-20)30-15-22(18-8-3-1-4-9-18)24-25(30)28-17-29-26(24)32-16-23(31)19-10-5-2-6-11-19/h1-15,17H,16H2. The highest BCUT2D eigenvalue weighted by Gasteiger charge is 2.18. The Bertz CT molecular complexity index is 1400. The Morgan fingerprint density at radius 1 is 0.906 bits per heavy atom. The molecular formula is C26H18ClN3OS. The van der Waals surface area contributed by atoms with Crippen LogP contribution in [0.25, 0.3) is 27.8 Å². The van der Waals surface area contributed by atoms with Gasteiger partial charge in [-0.2, -0.15) is 0 Å². The molecule has 0 unspecified atom stereocenters. The van der Waals surface area contributed by atoms with Crippen molar-refractivity contribution in [1.82, 2.24) is 14.5 Å². The first kappa shape index (κ1) is 20.5. The van der Waals surface area contributed by atoms with E-state index in [0.717, 1.165) is 32.9 Å². The van der Waals surface area contributed by atoms with Gasteiger partial charge in [-0.3, -0.25) is 4.79 Å². The number of benzene rings is 3. The van der Waals surface area contributed by atoms with Crippen LogP contribution in [0.15, 0.2) is 102 Å². The van der Waals surface area contributed by atoms with Gasteiger partial charge in [-0.25, -0.2) is 9.97 Å². The lowest BCUT2D eigenvalue weighted by molar-refractivity contribution is 0.102. The smallest absolute Gasteiger partial charge is 0.173 e. The van der Waals surface area contributed by atoms with Gasteiger partial charge >= 0.3 is 0 Å². The van der Waals surface area contributed by atoms with E-state index >= 15 is 0 Å². The summed E-state index contributed by atoms with van der Waals surface area (Å²) in [5, 5.41) is 2.35. The molecule has 0 amide bonds. The van der Waals surface area contributed by atoms with E-state index in [4.69, 9.17) is 11.6 Å². The Kier molecular flexibility index (Phi) is 5.75. The topological polar surface area (TPSA) is 47.8 Å². The van der Waals surface area contributed by atoms with Crippen LogP contribution in [-0.2, 0) is 0 Å². The third-order valence-electron chi connectivity index (χ3n) is 5.16. The van der Waals surface area contributed by atoms with Gasteiger partial charge in [0.1, 0.15) is 17.0 Å². The van der Waals surface area contributed by atoms with Crippen molar-refractivity contribution < 1.29 is 4.79 Å². The largest absolute Gasteiger partial charge is 0.301 e. The molecule has 0 N–H and O–H groups in total. The lowest BCUT2D eigenvalue weighted by Crippen LogP contribution is -2.02. The number of aromatic nitrogens is 3. The molecule has 0 atom stereocenters. The second-order valence-electron chi connectivity index (χ2n) is 7.21. The van der Waals surface area contributed by atoms with Crippen molar-refractivity contribution in [2.24, 2.45) is 0 Å². The van der Waals surface area contributed by atoms with Crippen molar-refractivity contribution in [3.8, 4) is 16.8 Å². The molecule has 0 saturated carbocycles. The molecule has 0 radical (unpaired) electrons. The normalized spacial score (nSPS) is 11.0. The fourth-order valence-electron chi connectivity index (χ4n) is 3.64. The average molecular weight is 456 g/mol. The molecule has 156 valence electrons. The maximum absolute atomic E-state index is 12.7. The quantitative estimate of drug-likeness (QED) is 0.162. The zero-order valence-electron chi connectivity index (χ0n) is 17.0. The van der Waals surface area contributed by atoms with Gasteiger partial charge in [-0.05, 0) is 23.8 Å². The number of thioether (sulfide) groups is 1. The highest BCUT2D eigenvalue weighted by Crippen LogP contribution is 2.37. The molecular weight excluding hydrogens is 438 g/mol. The molecule has 5 aromatic rings. The summed E-state index contributed by atoms with van der Waals surface area (Å²) in [7, 11) is 0. The van der Waals surface area contributed by atoms with E-state index in [1.807, 2.05) is 77.4 Å². The number of rotatable bonds is 6. The maximum atomic E-state index is 12.7. The van der Waals surface area contributed by atoms with Crippen molar-refractivity contribution in [2.45, 2.75) is 5.03 Å². The minimum absolute atomic E-state index is 0.0675. The summed E-state index contributed by atoms with van der Waals surface area (Å²) < 4.78 is 2.02. The Morgan fingerprint density at radius 2 is 1.66 bits per heavy atom. The summed E-state index contributed by atoms with van der Waals surface area (Å²) in [6.07, 6.45) is 3.61. The number of hydrogen-bond acceptors (Lipinski definition) is 4. The average Bonchev–Trinajstić information content (AvgIpc) is 3.24. The summed E-state index contributed by atoms with van der Waals surface area (Å²) in [6, 6.07) is 27.1. The van der Waals surface area contributed by atoms with E-state index in [0.29, 0.717) is 16.3 Å². The number of halogens is 1. The van der Waals surface area contributed by atoms with Crippen molar-refractivity contribution in [1.29, 1.82) is 0 Å². The van der Waals surface area contributed by atoms with Crippen LogP contribution >= 0.6 is 23.4 Å².